The van der Waals surface area contributed by atoms with Gasteiger partial charge in [0.1, 0.15) is 5.75 Å². The number of rotatable bonds is 5. The van der Waals surface area contributed by atoms with Gasteiger partial charge in [0.2, 0.25) is 0 Å². The van der Waals surface area contributed by atoms with Crippen molar-refractivity contribution in [1.82, 2.24) is 15.1 Å². The number of ether oxygens (including phenoxy) is 1. The third-order valence-electron chi connectivity index (χ3n) is 5.36. The fourth-order valence-corrected chi connectivity index (χ4v) is 3.72. The summed E-state index contributed by atoms with van der Waals surface area (Å²) >= 11 is 5.84. The molecule has 0 saturated carbocycles. The predicted molar refractivity (Wildman–Crippen MR) is 121 cm³/mol. The molecule has 2 N–H and O–H groups in total. The molecule has 2 heterocycles. The molecule has 2 fully saturated rings. The maximum Gasteiger partial charge on any atom is 0.321 e. The third kappa shape index (κ3) is 5.23. The normalized spacial score (nSPS) is 16.0. The lowest BCUT2D eigenvalue weighted by Gasteiger charge is -2.34. The molecule has 32 heavy (non-hydrogen) atoms. The van der Waals surface area contributed by atoms with Crippen LogP contribution in [0.4, 0.5) is 21.0 Å². The van der Waals surface area contributed by atoms with E-state index in [0.29, 0.717) is 55.7 Å². The lowest BCUT2D eigenvalue weighted by molar-refractivity contribution is -0.134. The number of hydrogen-bond acceptors (Lipinski definition) is 4. The number of nitrogens with zero attached hydrogens (tertiary/aromatic N) is 3. The Kier molecular flexibility index (Phi) is 6.65. The van der Waals surface area contributed by atoms with Crippen molar-refractivity contribution in [3.05, 3.63) is 53.6 Å². The van der Waals surface area contributed by atoms with Crippen LogP contribution >= 0.6 is 11.6 Å². The molecule has 2 aromatic carbocycles. The summed E-state index contributed by atoms with van der Waals surface area (Å²) in [5.41, 5.74) is 1.34. The van der Waals surface area contributed by atoms with Crippen LogP contribution in [0.3, 0.4) is 0 Å². The third-order valence-corrected chi connectivity index (χ3v) is 5.61. The van der Waals surface area contributed by atoms with Gasteiger partial charge in [0, 0.05) is 55.7 Å². The van der Waals surface area contributed by atoms with Gasteiger partial charge in [-0.2, -0.15) is 0 Å². The molecule has 2 saturated heterocycles. The number of nitrogens with one attached hydrogen (secondary N) is 2. The van der Waals surface area contributed by atoms with Gasteiger partial charge in [-0.3, -0.25) is 9.69 Å². The summed E-state index contributed by atoms with van der Waals surface area (Å²) in [6, 6.07) is 13.6. The van der Waals surface area contributed by atoms with Crippen LogP contribution in [0.5, 0.6) is 5.75 Å². The van der Waals surface area contributed by atoms with Crippen molar-refractivity contribution in [2.45, 2.75) is 0 Å². The van der Waals surface area contributed by atoms with Crippen LogP contribution in [-0.2, 0) is 4.79 Å². The Hall–Kier alpha value is -3.46. The largest absolute Gasteiger partial charge is 0.484 e. The molecule has 9 nitrogen and oxygen atoms in total. The molecule has 2 aliphatic rings. The van der Waals surface area contributed by atoms with Gasteiger partial charge in [0.15, 0.2) is 6.61 Å². The molecule has 0 atom stereocenters. The average Bonchev–Trinajstić information content (AvgIpc) is 3.24. The van der Waals surface area contributed by atoms with Crippen molar-refractivity contribution in [3.8, 4) is 5.75 Å². The number of anilines is 2. The smallest absolute Gasteiger partial charge is 0.321 e. The number of carbonyl (C=O) groups is 3. The monoisotopic (exact) mass is 457 g/mol. The van der Waals surface area contributed by atoms with Crippen molar-refractivity contribution < 1.29 is 19.1 Å². The van der Waals surface area contributed by atoms with Gasteiger partial charge in [-0.25, -0.2) is 9.59 Å². The number of carbonyl (C=O) groups excluding carboxylic acids is 3. The highest BCUT2D eigenvalue weighted by atomic mass is 35.5. The van der Waals surface area contributed by atoms with E-state index in [1.54, 1.807) is 57.2 Å². The minimum Gasteiger partial charge on any atom is -0.484 e. The van der Waals surface area contributed by atoms with Crippen LogP contribution in [0.15, 0.2) is 48.5 Å². The molecule has 0 unspecified atom stereocenters. The van der Waals surface area contributed by atoms with Crippen LogP contribution < -0.4 is 20.3 Å². The minimum absolute atomic E-state index is 0.0648. The Balaban J connectivity index is 1.25. The zero-order valence-corrected chi connectivity index (χ0v) is 18.2. The zero-order chi connectivity index (χ0) is 22.5. The van der Waals surface area contributed by atoms with Gasteiger partial charge in [-0.05, 0) is 42.5 Å². The second-order valence-electron chi connectivity index (χ2n) is 7.47. The van der Waals surface area contributed by atoms with Crippen molar-refractivity contribution >= 4 is 40.9 Å². The number of halogens is 1. The number of urea groups is 2. The predicted octanol–water partition coefficient (Wildman–Crippen LogP) is 2.62. The first kappa shape index (κ1) is 21.8. The molecular weight excluding hydrogens is 434 g/mol. The molecule has 2 aromatic rings. The van der Waals surface area contributed by atoms with Crippen LogP contribution in [-0.4, -0.2) is 73.6 Å². The molecule has 10 heteroatoms. The van der Waals surface area contributed by atoms with Crippen molar-refractivity contribution in [2.75, 3.05) is 56.1 Å². The number of hydrogen-bond donors (Lipinski definition) is 2. The quantitative estimate of drug-likeness (QED) is 0.721. The van der Waals surface area contributed by atoms with E-state index in [4.69, 9.17) is 16.3 Å². The van der Waals surface area contributed by atoms with Gasteiger partial charge in [-0.1, -0.05) is 17.7 Å². The minimum atomic E-state index is -0.238. The van der Waals surface area contributed by atoms with E-state index in [-0.39, 0.29) is 24.6 Å². The van der Waals surface area contributed by atoms with Crippen LogP contribution in [0.2, 0.25) is 5.02 Å². The molecule has 4 rings (SSSR count). The Morgan fingerprint density at radius 3 is 2.41 bits per heavy atom. The summed E-state index contributed by atoms with van der Waals surface area (Å²) < 4.78 is 5.52. The lowest BCUT2D eigenvalue weighted by atomic mass is 10.2. The highest BCUT2D eigenvalue weighted by Crippen LogP contribution is 2.21. The first-order valence-corrected chi connectivity index (χ1v) is 10.7. The molecule has 5 amide bonds. The first-order valence-electron chi connectivity index (χ1n) is 10.4. The van der Waals surface area contributed by atoms with Crippen molar-refractivity contribution in [2.24, 2.45) is 0 Å². The van der Waals surface area contributed by atoms with Gasteiger partial charge in [0.25, 0.3) is 5.91 Å². The maximum absolute atomic E-state index is 12.7. The van der Waals surface area contributed by atoms with Crippen molar-refractivity contribution in [1.29, 1.82) is 0 Å². The Morgan fingerprint density at radius 2 is 1.72 bits per heavy atom. The highest BCUT2D eigenvalue weighted by molar-refractivity contribution is 6.30. The second kappa shape index (κ2) is 9.78. The van der Waals surface area contributed by atoms with E-state index in [1.807, 2.05) is 6.07 Å². The summed E-state index contributed by atoms with van der Waals surface area (Å²) in [5, 5.41) is 6.24. The molecule has 168 valence electrons. The summed E-state index contributed by atoms with van der Waals surface area (Å²) in [6.07, 6.45) is 0. The number of benzene rings is 2. The summed E-state index contributed by atoms with van der Waals surface area (Å²) in [5.74, 6) is 0.450. The fourth-order valence-electron chi connectivity index (χ4n) is 3.60. The van der Waals surface area contributed by atoms with E-state index >= 15 is 0 Å². The molecule has 0 bridgehead atoms. The average molecular weight is 458 g/mol. The molecule has 0 spiro atoms. The molecular formula is C22H24ClN5O4. The van der Waals surface area contributed by atoms with E-state index in [2.05, 4.69) is 10.6 Å². The van der Waals surface area contributed by atoms with E-state index < -0.39 is 0 Å². The van der Waals surface area contributed by atoms with Gasteiger partial charge in [-0.15, -0.1) is 0 Å². The van der Waals surface area contributed by atoms with E-state index in [1.165, 1.54) is 0 Å². The maximum atomic E-state index is 12.7. The SMILES string of the molecule is O=C(COc1ccc(Cl)cc1)N1CCN(C(=O)Nc2cccc(N3CCNC3=O)c2)CC1. The standard InChI is InChI=1S/C22H24ClN5O4/c23-16-4-6-19(7-5-16)32-15-20(29)26-10-12-27(13-11-26)22(31)25-17-2-1-3-18(14-17)28-9-8-24-21(28)30/h1-7,14H,8-13,15H2,(H,24,30)(H,25,31). The highest BCUT2D eigenvalue weighted by Gasteiger charge is 2.25. The second-order valence-corrected chi connectivity index (χ2v) is 7.91. The fraction of sp³-hybridized carbons (Fsp3) is 0.318. The zero-order valence-electron chi connectivity index (χ0n) is 17.4. The Labute approximate surface area is 190 Å². The molecule has 2 aliphatic heterocycles. The van der Waals surface area contributed by atoms with Crippen LogP contribution in [0.25, 0.3) is 0 Å². The Bertz CT molecular complexity index is 992. The summed E-state index contributed by atoms with van der Waals surface area (Å²) in [7, 11) is 0. The van der Waals surface area contributed by atoms with Crippen LogP contribution in [0, 0.1) is 0 Å². The molecule has 0 radical (unpaired) electrons. The molecule has 0 aromatic heterocycles. The van der Waals surface area contributed by atoms with Gasteiger partial charge >= 0.3 is 12.1 Å². The van der Waals surface area contributed by atoms with Crippen molar-refractivity contribution in [3.63, 3.8) is 0 Å². The van der Waals surface area contributed by atoms with Gasteiger partial charge < -0.3 is 25.2 Å². The summed E-state index contributed by atoms with van der Waals surface area (Å²) in [4.78, 5) is 41.9. The molecule has 0 aliphatic carbocycles. The van der Waals surface area contributed by atoms with E-state index in [9.17, 15) is 14.4 Å². The summed E-state index contributed by atoms with van der Waals surface area (Å²) in [6.45, 7) is 2.84. The first-order chi connectivity index (χ1) is 15.5. The number of piperazine rings is 1. The lowest BCUT2D eigenvalue weighted by Crippen LogP contribution is -2.52. The van der Waals surface area contributed by atoms with Crippen LogP contribution in [0.1, 0.15) is 0 Å². The number of amides is 5. The van der Waals surface area contributed by atoms with E-state index in [0.717, 1.165) is 5.69 Å². The van der Waals surface area contributed by atoms with Gasteiger partial charge in [0.05, 0.1) is 0 Å². The Morgan fingerprint density at radius 1 is 1.00 bits per heavy atom. The topological polar surface area (TPSA) is 94.2 Å².